The molecular formula is C9H15NO5S. The van der Waals surface area contributed by atoms with Gasteiger partial charge in [0.25, 0.3) is 15.9 Å². The minimum absolute atomic E-state index is 0.465. The lowest BCUT2D eigenvalue weighted by Gasteiger charge is -2.46. The number of sulfonamides is 1. The monoisotopic (exact) mass is 249 g/mol. The van der Waals surface area contributed by atoms with Crippen LogP contribution in [0.3, 0.4) is 0 Å². The summed E-state index contributed by atoms with van der Waals surface area (Å²) >= 11 is 0. The Morgan fingerprint density at radius 3 is 2.06 bits per heavy atom. The van der Waals surface area contributed by atoms with Crippen LogP contribution >= 0.6 is 0 Å². The van der Waals surface area contributed by atoms with Crippen LogP contribution in [0.1, 0.15) is 27.7 Å². The summed E-state index contributed by atoms with van der Waals surface area (Å²) in [6.45, 7) is 5.68. The molecule has 1 heterocycles. The highest BCUT2D eigenvalue weighted by molar-refractivity contribution is 7.94. The summed E-state index contributed by atoms with van der Waals surface area (Å²) in [5.74, 6) is -2.43. The number of carboxylic acid groups (broad SMARTS) is 1. The van der Waals surface area contributed by atoms with E-state index in [2.05, 4.69) is 0 Å². The van der Waals surface area contributed by atoms with Crippen LogP contribution in [-0.4, -0.2) is 40.5 Å². The third-order valence-corrected chi connectivity index (χ3v) is 5.13. The third kappa shape index (κ3) is 1.41. The lowest BCUT2D eigenvalue weighted by molar-refractivity contribution is -0.150. The molecule has 0 bridgehead atoms. The Hall–Kier alpha value is -1.11. The van der Waals surface area contributed by atoms with E-state index in [1.807, 2.05) is 0 Å². The van der Waals surface area contributed by atoms with Gasteiger partial charge in [0, 0.05) is 0 Å². The van der Waals surface area contributed by atoms with E-state index in [0.29, 0.717) is 4.31 Å². The first-order chi connectivity index (χ1) is 7.05. The van der Waals surface area contributed by atoms with Gasteiger partial charge in [-0.1, -0.05) is 13.8 Å². The summed E-state index contributed by atoms with van der Waals surface area (Å²) in [6.07, 6.45) is 0. The van der Waals surface area contributed by atoms with Crippen LogP contribution in [0, 0.1) is 5.92 Å². The van der Waals surface area contributed by atoms with Gasteiger partial charge in [0.05, 0.1) is 0 Å². The van der Waals surface area contributed by atoms with Crippen LogP contribution in [0.2, 0.25) is 0 Å². The summed E-state index contributed by atoms with van der Waals surface area (Å²) in [5.41, 5.74) is 0. The lowest BCUT2D eigenvalue weighted by Crippen LogP contribution is -2.71. The number of amides is 1. The summed E-state index contributed by atoms with van der Waals surface area (Å²) in [4.78, 5) is 22.6. The summed E-state index contributed by atoms with van der Waals surface area (Å²) < 4.78 is 22.5. The van der Waals surface area contributed by atoms with Crippen LogP contribution < -0.4 is 0 Å². The molecule has 16 heavy (non-hydrogen) atoms. The standard InChI is InChI=1S/C9H15NO5S/c1-5(2)6(7(11)12)10-8(13)9(3,4)16(10,14)15/h5-6H,1-4H3,(H,11,12)/t6-/m1/s1. The van der Waals surface area contributed by atoms with Gasteiger partial charge in [0.2, 0.25) is 0 Å². The number of carbonyl (C=O) groups excluding carboxylic acids is 1. The van der Waals surface area contributed by atoms with Gasteiger partial charge in [-0.25, -0.2) is 17.5 Å². The Morgan fingerprint density at radius 2 is 1.81 bits per heavy atom. The van der Waals surface area contributed by atoms with Crippen LogP contribution in [0.15, 0.2) is 0 Å². The maximum Gasteiger partial charge on any atom is 0.327 e. The first-order valence-electron chi connectivity index (χ1n) is 4.86. The van der Waals surface area contributed by atoms with Crippen molar-refractivity contribution in [3.63, 3.8) is 0 Å². The summed E-state index contributed by atoms with van der Waals surface area (Å²) in [5, 5.41) is 8.94. The van der Waals surface area contributed by atoms with Crippen LogP contribution in [-0.2, 0) is 19.6 Å². The van der Waals surface area contributed by atoms with E-state index in [1.165, 1.54) is 13.8 Å². The van der Waals surface area contributed by atoms with Gasteiger partial charge in [-0.05, 0) is 19.8 Å². The zero-order valence-corrected chi connectivity index (χ0v) is 10.4. The second-order valence-electron chi connectivity index (χ2n) is 4.64. The second-order valence-corrected chi connectivity index (χ2v) is 7.01. The van der Waals surface area contributed by atoms with Crippen LogP contribution in [0.5, 0.6) is 0 Å². The van der Waals surface area contributed by atoms with Crippen molar-refractivity contribution in [3.05, 3.63) is 0 Å². The van der Waals surface area contributed by atoms with E-state index in [4.69, 9.17) is 5.11 Å². The minimum Gasteiger partial charge on any atom is -0.480 e. The zero-order chi connectivity index (χ0) is 12.9. The fraction of sp³-hybridized carbons (Fsp3) is 0.778. The van der Waals surface area contributed by atoms with Gasteiger partial charge in [0.15, 0.2) is 4.75 Å². The van der Waals surface area contributed by atoms with E-state index in [0.717, 1.165) is 0 Å². The molecule has 92 valence electrons. The fourth-order valence-electron chi connectivity index (χ4n) is 1.62. The van der Waals surface area contributed by atoms with E-state index >= 15 is 0 Å². The summed E-state index contributed by atoms with van der Waals surface area (Å²) in [7, 11) is -3.84. The molecule has 0 aromatic heterocycles. The first kappa shape index (κ1) is 13.0. The number of carboxylic acids is 1. The molecule has 1 atom stereocenters. The van der Waals surface area contributed by atoms with Crippen LogP contribution in [0.4, 0.5) is 0 Å². The normalized spacial score (nSPS) is 24.1. The molecule has 1 saturated heterocycles. The third-order valence-electron chi connectivity index (χ3n) is 2.76. The minimum atomic E-state index is -3.84. The molecule has 1 aliphatic rings. The number of aliphatic carboxylic acids is 1. The molecule has 0 unspecified atom stereocenters. The van der Waals surface area contributed by atoms with Crippen molar-refractivity contribution in [1.29, 1.82) is 0 Å². The number of hydrogen-bond acceptors (Lipinski definition) is 4. The fourth-order valence-corrected chi connectivity index (χ4v) is 3.38. The molecule has 0 aliphatic carbocycles. The molecule has 6 nitrogen and oxygen atoms in total. The number of rotatable bonds is 3. The highest BCUT2D eigenvalue weighted by Crippen LogP contribution is 2.38. The van der Waals surface area contributed by atoms with Crippen molar-refractivity contribution >= 4 is 21.9 Å². The molecule has 0 saturated carbocycles. The Labute approximate surface area is 94.3 Å². The number of carbonyl (C=O) groups is 2. The Bertz CT molecular complexity index is 437. The SMILES string of the molecule is CC(C)[C@H](C(=O)O)N1C(=O)C(C)(C)S1(=O)=O. The molecular weight excluding hydrogens is 234 g/mol. The first-order valence-corrected chi connectivity index (χ1v) is 6.30. The largest absolute Gasteiger partial charge is 0.480 e. The maximum atomic E-state index is 11.8. The van der Waals surface area contributed by atoms with Gasteiger partial charge < -0.3 is 5.11 Å². The van der Waals surface area contributed by atoms with Crippen molar-refractivity contribution in [1.82, 2.24) is 4.31 Å². The molecule has 1 rings (SSSR count). The second kappa shape index (κ2) is 3.44. The van der Waals surface area contributed by atoms with Crippen LogP contribution in [0.25, 0.3) is 0 Å². The molecule has 1 amide bonds. The zero-order valence-electron chi connectivity index (χ0n) is 9.59. The van der Waals surface area contributed by atoms with Gasteiger partial charge in [-0.15, -0.1) is 0 Å². The number of hydrogen-bond donors (Lipinski definition) is 1. The average Bonchev–Trinajstić information content (AvgIpc) is 2.10. The smallest absolute Gasteiger partial charge is 0.327 e. The summed E-state index contributed by atoms with van der Waals surface area (Å²) in [6, 6.07) is -1.31. The van der Waals surface area contributed by atoms with Crippen molar-refractivity contribution < 1.29 is 23.1 Å². The van der Waals surface area contributed by atoms with Gasteiger partial charge in [-0.2, -0.15) is 0 Å². The Balaban J connectivity index is 3.18. The number of nitrogens with zero attached hydrogens (tertiary/aromatic N) is 1. The topological polar surface area (TPSA) is 91.8 Å². The molecule has 1 N–H and O–H groups in total. The molecule has 0 spiro atoms. The maximum absolute atomic E-state index is 11.8. The van der Waals surface area contributed by atoms with Crippen molar-refractivity contribution in [3.8, 4) is 0 Å². The molecule has 1 aliphatic heterocycles. The Kier molecular flexibility index (Phi) is 2.79. The van der Waals surface area contributed by atoms with E-state index in [1.54, 1.807) is 13.8 Å². The molecule has 0 aromatic carbocycles. The highest BCUT2D eigenvalue weighted by Gasteiger charge is 2.63. The van der Waals surface area contributed by atoms with Crippen molar-refractivity contribution in [2.75, 3.05) is 0 Å². The lowest BCUT2D eigenvalue weighted by atomic mass is 10.0. The van der Waals surface area contributed by atoms with E-state index < -0.39 is 38.6 Å². The van der Waals surface area contributed by atoms with Crippen molar-refractivity contribution in [2.45, 2.75) is 38.5 Å². The quantitative estimate of drug-likeness (QED) is 0.762. The predicted octanol–water partition coefficient (Wildman–Crippen LogP) is 0.0462. The Morgan fingerprint density at radius 1 is 1.38 bits per heavy atom. The molecule has 0 radical (unpaired) electrons. The van der Waals surface area contributed by atoms with E-state index in [9.17, 15) is 18.0 Å². The molecule has 0 aromatic rings. The average molecular weight is 249 g/mol. The van der Waals surface area contributed by atoms with Gasteiger partial charge >= 0.3 is 5.97 Å². The van der Waals surface area contributed by atoms with Gasteiger partial charge in [-0.3, -0.25) is 4.79 Å². The molecule has 7 heteroatoms. The predicted molar refractivity (Wildman–Crippen MR) is 56.1 cm³/mol. The molecule has 1 fully saturated rings. The van der Waals surface area contributed by atoms with Crippen molar-refractivity contribution in [2.24, 2.45) is 5.92 Å². The van der Waals surface area contributed by atoms with E-state index in [-0.39, 0.29) is 0 Å². The highest BCUT2D eigenvalue weighted by atomic mass is 32.2. The van der Waals surface area contributed by atoms with Gasteiger partial charge in [0.1, 0.15) is 6.04 Å².